The van der Waals surface area contributed by atoms with Crippen molar-refractivity contribution < 1.29 is 38.7 Å². The van der Waals surface area contributed by atoms with E-state index >= 15 is 0 Å². The Kier molecular flexibility index (Phi) is 18.9. The van der Waals surface area contributed by atoms with Crippen LogP contribution in [0.4, 0.5) is 0 Å². The number of imidazole rings is 1. The number of primary amides is 1. The molecule has 360 valence electrons. The number of nitrogens with one attached hydrogen (secondary N) is 8. The number of aliphatic carboxylic acids is 1. The number of rotatable bonds is 23. The van der Waals surface area contributed by atoms with Crippen LogP contribution in [0.1, 0.15) is 55.5 Å². The van der Waals surface area contributed by atoms with E-state index in [1.54, 1.807) is 42.9 Å². The summed E-state index contributed by atoms with van der Waals surface area (Å²) in [7, 11) is 0. The summed E-state index contributed by atoms with van der Waals surface area (Å²) in [6, 6.07) is 17.2. The number of fused-ring (bicyclic) bond motifs is 2. The third kappa shape index (κ3) is 15.1. The van der Waals surface area contributed by atoms with E-state index in [4.69, 9.17) is 27.1 Å². The monoisotopic (exact) mass is 932 g/mol. The van der Waals surface area contributed by atoms with Crippen molar-refractivity contribution in [1.82, 2.24) is 46.5 Å². The van der Waals surface area contributed by atoms with E-state index in [1.165, 1.54) is 13.3 Å². The van der Waals surface area contributed by atoms with Crippen LogP contribution in [0.5, 0.6) is 0 Å². The summed E-state index contributed by atoms with van der Waals surface area (Å²) < 4.78 is 0. The zero-order valence-corrected chi connectivity index (χ0v) is 37.9. The summed E-state index contributed by atoms with van der Waals surface area (Å²) in [5, 5.41) is 22.9. The number of unbranched alkanes of at least 4 members (excludes halogenated alkanes) is 1. The van der Waals surface area contributed by atoms with Gasteiger partial charge in [-0.25, -0.2) is 4.98 Å². The number of amides is 6. The second kappa shape index (κ2) is 25.2. The first-order valence-electron chi connectivity index (χ1n) is 22.2. The lowest BCUT2D eigenvalue weighted by Gasteiger charge is -2.26. The third-order valence-electron chi connectivity index (χ3n) is 11.1. The molecule has 15 N–H and O–H groups in total. The van der Waals surface area contributed by atoms with Gasteiger partial charge in [-0.15, -0.1) is 0 Å². The molecule has 6 amide bonds. The van der Waals surface area contributed by atoms with E-state index in [2.05, 4.69) is 46.5 Å². The number of aromatic nitrogens is 4. The van der Waals surface area contributed by atoms with Crippen LogP contribution in [-0.4, -0.2) is 109 Å². The summed E-state index contributed by atoms with van der Waals surface area (Å²) in [4.78, 5) is 105. The fourth-order valence-corrected chi connectivity index (χ4v) is 7.52. The molecule has 3 heterocycles. The number of carbonyl (C=O) groups is 7. The summed E-state index contributed by atoms with van der Waals surface area (Å²) >= 11 is 0. The topological polar surface area (TPSA) is 338 Å². The van der Waals surface area contributed by atoms with Crippen molar-refractivity contribution in [2.45, 2.75) is 95.0 Å². The zero-order valence-electron chi connectivity index (χ0n) is 37.9. The average Bonchev–Trinajstić information content (AvgIpc) is 4.09. The smallest absolute Gasteiger partial charge is 0.300 e. The van der Waals surface area contributed by atoms with Gasteiger partial charge in [-0.3, -0.25) is 33.6 Å². The van der Waals surface area contributed by atoms with E-state index in [1.807, 2.05) is 54.6 Å². The number of carbonyl (C=O) groups excluding carboxylic acids is 6. The molecule has 6 atom stereocenters. The summed E-state index contributed by atoms with van der Waals surface area (Å²) in [6.07, 6.45) is 8.21. The van der Waals surface area contributed by atoms with Gasteiger partial charge in [0.25, 0.3) is 5.97 Å². The highest BCUT2D eigenvalue weighted by molar-refractivity contribution is 5.97. The lowest BCUT2D eigenvalue weighted by molar-refractivity contribution is -0.134. The van der Waals surface area contributed by atoms with Gasteiger partial charge in [-0.1, -0.05) is 66.7 Å². The number of nitrogens with two attached hydrogens (primary N) is 3. The van der Waals surface area contributed by atoms with Crippen LogP contribution in [-0.2, 0) is 59.2 Å². The molecule has 0 saturated heterocycles. The molecular formula is C48H60N12O8. The van der Waals surface area contributed by atoms with Gasteiger partial charge in [0.15, 0.2) is 0 Å². The van der Waals surface area contributed by atoms with Crippen LogP contribution in [0.15, 0.2) is 104 Å². The fourth-order valence-electron chi connectivity index (χ4n) is 7.52. The Hall–Kier alpha value is -7.84. The number of carboxylic acids is 1. The van der Waals surface area contributed by atoms with Crippen LogP contribution in [0.3, 0.4) is 0 Å². The molecule has 3 aromatic carbocycles. The number of aromatic amines is 3. The van der Waals surface area contributed by atoms with Gasteiger partial charge in [0.1, 0.15) is 30.2 Å². The van der Waals surface area contributed by atoms with E-state index in [9.17, 15) is 28.8 Å². The van der Waals surface area contributed by atoms with Crippen molar-refractivity contribution in [1.29, 1.82) is 0 Å². The SMILES string of the molecule is CC(=O)O.C[C@H](NC(=O)[C@@H](Cc1c[nH]c2ccccc12)NC(=O)[C@@H](N)Cc1cnc[nH]1)C(=O)N[C@@H](Cc1c[nH]c2ccccc12)C(=O)N[C@H](Cc1ccccc1)C(=O)N[C@@H](CCCCN)C(N)=O. The second-order valence-corrected chi connectivity index (χ2v) is 16.4. The number of hydrogen-bond donors (Lipinski definition) is 12. The normalized spacial score (nSPS) is 13.6. The Morgan fingerprint density at radius 2 is 1.10 bits per heavy atom. The van der Waals surface area contributed by atoms with Gasteiger partial charge in [0.2, 0.25) is 35.4 Å². The van der Waals surface area contributed by atoms with E-state index in [0.717, 1.165) is 39.9 Å². The van der Waals surface area contributed by atoms with Crippen LogP contribution in [0.2, 0.25) is 0 Å². The van der Waals surface area contributed by atoms with Crippen molar-refractivity contribution in [3.05, 3.63) is 126 Å². The minimum atomic E-state index is -1.25. The maximum Gasteiger partial charge on any atom is 0.300 e. The molecule has 20 nitrogen and oxygen atoms in total. The maximum atomic E-state index is 14.4. The minimum absolute atomic E-state index is 0.00159. The molecule has 3 aromatic heterocycles. The molecule has 0 unspecified atom stereocenters. The van der Waals surface area contributed by atoms with Crippen molar-refractivity contribution in [2.24, 2.45) is 17.2 Å². The van der Waals surface area contributed by atoms with Crippen LogP contribution < -0.4 is 43.8 Å². The summed E-state index contributed by atoms with van der Waals surface area (Å²) in [5.74, 6) is -4.85. The molecule has 0 aliphatic carbocycles. The number of para-hydroxylation sites is 2. The van der Waals surface area contributed by atoms with Crippen LogP contribution in [0, 0.1) is 0 Å². The highest BCUT2D eigenvalue weighted by atomic mass is 16.4. The predicted molar refractivity (Wildman–Crippen MR) is 255 cm³/mol. The molecule has 6 aromatic rings. The summed E-state index contributed by atoms with van der Waals surface area (Å²) in [5.41, 5.74) is 22.0. The van der Waals surface area contributed by atoms with Crippen molar-refractivity contribution in [2.75, 3.05) is 6.54 Å². The van der Waals surface area contributed by atoms with Gasteiger partial charge in [-0.2, -0.15) is 0 Å². The van der Waals surface area contributed by atoms with Gasteiger partial charge >= 0.3 is 0 Å². The van der Waals surface area contributed by atoms with Gasteiger partial charge in [0.05, 0.1) is 12.4 Å². The molecule has 0 radical (unpaired) electrons. The Morgan fingerprint density at radius 1 is 0.618 bits per heavy atom. The first-order valence-corrected chi connectivity index (χ1v) is 22.2. The van der Waals surface area contributed by atoms with Crippen molar-refractivity contribution in [3.63, 3.8) is 0 Å². The van der Waals surface area contributed by atoms with Crippen molar-refractivity contribution >= 4 is 63.2 Å². The van der Waals surface area contributed by atoms with Gasteiger partial charge in [-0.05, 0) is 61.6 Å². The Balaban J connectivity index is 0.00000208. The zero-order chi connectivity index (χ0) is 49.2. The molecular weight excluding hydrogens is 873 g/mol. The fraction of sp³-hybridized carbons (Fsp3) is 0.333. The van der Waals surface area contributed by atoms with Crippen molar-refractivity contribution in [3.8, 4) is 0 Å². The predicted octanol–water partition coefficient (Wildman–Crippen LogP) is 1.12. The van der Waals surface area contributed by atoms with Gasteiger partial charge in [0, 0.05) is 78.7 Å². The Labute approximate surface area is 392 Å². The van der Waals surface area contributed by atoms with E-state index in [0.29, 0.717) is 30.6 Å². The first kappa shape index (κ1) is 51.1. The molecule has 6 rings (SSSR count). The second-order valence-electron chi connectivity index (χ2n) is 16.4. The molecule has 68 heavy (non-hydrogen) atoms. The molecule has 0 aliphatic rings. The molecule has 0 aliphatic heterocycles. The van der Waals surface area contributed by atoms with E-state index in [-0.39, 0.29) is 32.1 Å². The lowest BCUT2D eigenvalue weighted by atomic mass is 10.0. The maximum absolute atomic E-state index is 14.4. The van der Waals surface area contributed by atoms with Crippen LogP contribution >= 0.6 is 0 Å². The number of nitrogens with zero attached hydrogens (tertiary/aromatic N) is 1. The Bertz CT molecular complexity index is 2630. The average molecular weight is 933 g/mol. The molecule has 0 spiro atoms. The van der Waals surface area contributed by atoms with E-state index < -0.39 is 77.7 Å². The molecule has 0 fully saturated rings. The standard InChI is InChI=1S/C46H56N12O6.C2H4O2/c1-27(54-44(62)39(20-29-23-51-35-15-7-5-13-32(29)35)57-43(61)34(48)22-31-25-50-26-53-31)42(60)56-40(21-30-24-52-36-16-8-6-14-33(30)36)46(64)58-38(19-28-11-3-2-4-12-28)45(63)55-37(41(49)59)17-9-10-18-47;1-2(3)4/h2-8,11-16,23-27,34,37-40,51-52H,9-10,17-22,47-48H2,1H3,(H2,49,59)(H,50,53)(H,54,62)(H,55,63)(H,56,60)(H,57,61)(H,58,64);1H3,(H,3,4)/t27-,34-,37-,38+,39+,40-;/m0./s1. The quantitative estimate of drug-likeness (QED) is 0.0404. The first-order chi connectivity index (χ1) is 32.6. The van der Waals surface area contributed by atoms with Gasteiger partial charge < -0.3 is 63.8 Å². The highest BCUT2D eigenvalue weighted by Crippen LogP contribution is 2.21. The number of hydrogen-bond acceptors (Lipinski definition) is 10. The molecule has 0 saturated carbocycles. The lowest BCUT2D eigenvalue weighted by Crippen LogP contribution is -2.59. The molecule has 0 bridgehead atoms. The largest absolute Gasteiger partial charge is 0.481 e. The number of H-pyrrole nitrogens is 3. The Morgan fingerprint density at radius 3 is 1.63 bits per heavy atom. The van der Waals surface area contributed by atoms with Crippen LogP contribution in [0.25, 0.3) is 21.8 Å². The molecule has 20 heteroatoms. The highest BCUT2D eigenvalue weighted by Gasteiger charge is 2.33. The number of carboxylic acid groups (broad SMARTS) is 1. The minimum Gasteiger partial charge on any atom is -0.481 e. The third-order valence-corrected chi connectivity index (χ3v) is 11.1. The summed E-state index contributed by atoms with van der Waals surface area (Å²) in [6.45, 7) is 2.95. The number of benzene rings is 3.